The van der Waals surface area contributed by atoms with Crippen LogP contribution in [0.25, 0.3) is 0 Å². The largest absolute Gasteiger partial charge is 0.331 e. The number of hydrogen-bond acceptors (Lipinski definition) is 3. The molecular weight excluding hydrogens is 397 g/mol. The van der Waals surface area contributed by atoms with Gasteiger partial charge in [-0.1, -0.05) is 30.1 Å². The molecule has 3 N–H and O–H groups in total. The van der Waals surface area contributed by atoms with Crippen LogP contribution in [0.4, 0.5) is 5.69 Å². The van der Waals surface area contributed by atoms with Gasteiger partial charge >= 0.3 is 0 Å². The Morgan fingerprint density at radius 3 is 2.64 bits per heavy atom. The normalized spacial score (nSPS) is 16.0. The molecular formula is C17H17Cl2N3OS2. The lowest BCUT2D eigenvalue weighted by Gasteiger charge is -2.16. The Morgan fingerprint density at radius 2 is 1.92 bits per heavy atom. The highest BCUT2D eigenvalue weighted by Gasteiger charge is 2.20. The Labute approximate surface area is 165 Å². The maximum atomic E-state index is 12.3. The van der Waals surface area contributed by atoms with Crippen LogP contribution in [-0.4, -0.2) is 11.0 Å². The molecule has 0 saturated heterocycles. The second-order valence-corrected chi connectivity index (χ2v) is 8.52. The summed E-state index contributed by atoms with van der Waals surface area (Å²) in [5, 5.41) is 4.18. The minimum absolute atomic E-state index is 0.194. The van der Waals surface area contributed by atoms with E-state index in [1.807, 2.05) is 6.07 Å². The molecule has 132 valence electrons. The lowest BCUT2D eigenvalue weighted by atomic mass is 9.90. The molecule has 8 heteroatoms. The second-order valence-electron chi connectivity index (χ2n) is 6.10. The van der Waals surface area contributed by atoms with Crippen LogP contribution in [-0.2, 0) is 12.8 Å². The first-order valence-corrected chi connectivity index (χ1v) is 9.84. The van der Waals surface area contributed by atoms with Crippen molar-refractivity contribution in [2.75, 3.05) is 5.32 Å². The number of amides is 1. The highest BCUT2D eigenvalue weighted by molar-refractivity contribution is 7.80. The zero-order chi connectivity index (χ0) is 18.0. The second kappa shape index (κ2) is 7.91. The number of carbonyl (C=O) groups excluding carboxylic acids is 1. The summed E-state index contributed by atoms with van der Waals surface area (Å²) in [6, 6.07) is 7.00. The quantitative estimate of drug-likeness (QED) is 0.488. The van der Waals surface area contributed by atoms with Gasteiger partial charge in [-0.25, -0.2) is 0 Å². The number of aryl methyl sites for hydroxylation is 1. The first kappa shape index (κ1) is 18.5. The molecule has 1 heterocycles. The number of thiocarbonyl (C=S) groups is 1. The van der Waals surface area contributed by atoms with Crippen LogP contribution in [0.2, 0.25) is 10.0 Å². The van der Waals surface area contributed by atoms with Crippen molar-refractivity contribution in [3.8, 4) is 0 Å². The van der Waals surface area contributed by atoms with Gasteiger partial charge in [-0.2, -0.15) is 0 Å². The maximum absolute atomic E-state index is 12.3. The van der Waals surface area contributed by atoms with Crippen molar-refractivity contribution < 1.29 is 4.79 Å². The third-order valence-corrected chi connectivity index (χ3v) is 5.84. The van der Waals surface area contributed by atoms with Gasteiger partial charge in [-0.3, -0.25) is 15.6 Å². The van der Waals surface area contributed by atoms with Crippen LogP contribution in [0.1, 0.15) is 33.5 Å². The highest BCUT2D eigenvalue weighted by Crippen LogP contribution is 2.32. The number of anilines is 1. The van der Waals surface area contributed by atoms with Crippen LogP contribution in [0.5, 0.6) is 0 Å². The first-order valence-electron chi connectivity index (χ1n) is 7.85. The maximum Gasteiger partial charge on any atom is 0.279 e. The van der Waals surface area contributed by atoms with E-state index in [4.69, 9.17) is 35.4 Å². The van der Waals surface area contributed by atoms with Crippen molar-refractivity contribution in [3.63, 3.8) is 0 Å². The number of rotatable bonds is 2. The number of carbonyl (C=O) groups is 1. The van der Waals surface area contributed by atoms with Crippen molar-refractivity contribution in [1.82, 2.24) is 10.9 Å². The van der Waals surface area contributed by atoms with E-state index in [-0.39, 0.29) is 11.0 Å². The fraction of sp³-hybridized carbons (Fsp3) is 0.294. The number of nitrogens with one attached hydrogen (secondary N) is 3. The van der Waals surface area contributed by atoms with Gasteiger partial charge in [0.1, 0.15) is 0 Å². The van der Waals surface area contributed by atoms with E-state index in [1.54, 1.807) is 29.5 Å². The fourth-order valence-corrected chi connectivity index (χ4v) is 4.58. The summed E-state index contributed by atoms with van der Waals surface area (Å²) in [5.41, 5.74) is 7.26. The number of hydrogen-bond donors (Lipinski definition) is 3. The van der Waals surface area contributed by atoms with Gasteiger partial charge < -0.3 is 5.32 Å². The SMILES string of the molecule is CC1CCc2sc(C(=O)NNC(=S)Nc3cc(Cl)cc(Cl)c3)cc2C1. The molecule has 25 heavy (non-hydrogen) atoms. The average molecular weight is 414 g/mol. The third kappa shape index (κ3) is 4.85. The number of thiophene rings is 1. The summed E-state index contributed by atoms with van der Waals surface area (Å²) in [7, 11) is 0. The van der Waals surface area contributed by atoms with E-state index in [9.17, 15) is 4.79 Å². The molecule has 1 atom stereocenters. The van der Waals surface area contributed by atoms with Crippen LogP contribution >= 0.6 is 46.8 Å². The Bertz CT molecular complexity index is 802. The van der Waals surface area contributed by atoms with E-state index in [2.05, 4.69) is 23.1 Å². The van der Waals surface area contributed by atoms with E-state index in [0.29, 0.717) is 26.5 Å². The molecule has 1 aromatic heterocycles. The Kier molecular flexibility index (Phi) is 5.84. The Balaban J connectivity index is 1.56. The van der Waals surface area contributed by atoms with Crippen molar-refractivity contribution >= 4 is 63.5 Å². The number of hydrazine groups is 1. The van der Waals surface area contributed by atoms with Gasteiger partial charge in [0.15, 0.2) is 5.11 Å². The van der Waals surface area contributed by atoms with Gasteiger partial charge in [0.2, 0.25) is 0 Å². The molecule has 2 aromatic rings. The smallest absolute Gasteiger partial charge is 0.279 e. The Morgan fingerprint density at radius 1 is 1.20 bits per heavy atom. The predicted octanol–water partition coefficient (Wildman–Crippen LogP) is 4.81. The molecule has 4 nitrogen and oxygen atoms in total. The number of halogens is 2. The van der Waals surface area contributed by atoms with E-state index >= 15 is 0 Å². The van der Waals surface area contributed by atoms with Crippen LogP contribution in [0.15, 0.2) is 24.3 Å². The monoisotopic (exact) mass is 413 g/mol. The number of benzene rings is 1. The summed E-state index contributed by atoms with van der Waals surface area (Å²) < 4.78 is 0. The van der Waals surface area contributed by atoms with Crippen molar-refractivity contribution in [2.45, 2.75) is 26.2 Å². The van der Waals surface area contributed by atoms with E-state index in [0.717, 1.165) is 12.8 Å². The zero-order valence-electron chi connectivity index (χ0n) is 13.5. The summed E-state index contributed by atoms with van der Waals surface area (Å²) >= 11 is 18.6. The molecule has 0 aliphatic heterocycles. The molecule has 1 aliphatic rings. The average Bonchev–Trinajstić information content (AvgIpc) is 2.94. The molecule has 1 unspecified atom stereocenters. The van der Waals surface area contributed by atoms with Gasteiger partial charge in [0.05, 0.1) is 4.88 Å². The topological polar surface area (TPSA) is 53.2 Å². The fourth-order valence-electron chi connectivity index (χ4n) is 2.78. The predicted molar refractivity (Wildman–Crippen MR) is 109 cm³/mol. The third-order valence-electron chi connectivity index (χ3n) is 3.96. The zero-order valence-corrected chi connectivity index (χ0v) is 16.6. The van der Waals surface area contributed by atoms with Gasteiger partial charge in [-0.15, -0.1) is 11.3 Å². The minimum Gasteiger partial charge on any atom is -0.331 e. The molecule has 1 amide bonds. The molecule has 0 radical (unpaired) electrons. The summed E-state index contributed by atoms with van der Waals surface area (Å²) in [4.78, 5) is 14.3. The van der Waals surface area contributed by atoms with Gasteiger partial charge in [-0.05, 0) is 67.2 Å². The molecule has 3 rings (SSSR count). The van der Waals surface area contributed by atoms with Gasteiger partial charge in [0.25, 0.3) is 5.91 Å². The molecule has 0 saturated carbocycles. The van der Waals surface area contributed by atoms with Crippen LogP contribution in [0.3, 0.4) is 0 Å². The molecule has 1 aliphatic carbocycles. The Hall–Kier alpha value is -1.34. The van der Waals surface area contributed by atoms with E-state index < -0.39 is 0 Å². The van der Waals surface area contributed by atoms with Crippen LogP contribution in [0, 0.1) is 5.92 Å². The van der Waals surface area contributed by atoms with Crippen molar-refractivity contribution in [2.24, 2.45) is 5.92 Å². The van der Waals surface area contributed by atoms with Crippen molar-refractivity contribution in [1.29, 1.82) is 0 Å². The van der Waals surface area contributed by atoms with Gasteiger partial charge in [0, 0.05) is 20.6 Å². The van der Waals surface area contributed by atoms with E-state index in [1.165, 1.54) is 16.9 Å². The molecule has 0 bridgehead atoms. The number of fused-ring (bicyclic) bond motifs is 1. The minimum atomic E-state index is -0.194. The molecule has 0 fully saturated rings. The van der Waals surface area contributed by atoms with Crippen molar-refractivity contribution in [3.05, 3.63) is 49.6 Å². The molecule has 1 aromatic carbocycles. The summed E-state index contributed by atoms with van der Waals surface area (Å²) in [6.07, 6.45) is 3.28. The lowest BCUT2D eigenvalue weighted by molar-refractivity contribution is 0.0948. The highest BCUT2D eigenvalue weighted by atomic mass is 35.5. The van der Waals surface area contributed by atoms with Crippen LogP contribution < -0.4 is 16.2 Å². The summed E-state index contributed by atoms with van der Waals surface area (Å²) in [6.45, 7) is 2.24. The summed E-state index contributed by atoms with van der Waals surface area (Å²) in [5.74, 6) is 0.484. The lowest BCUT2D eigenvalue weighted by Crippen LogP contribution is -2.43. The standard InChI is InChI=1S/C17H17Cl2N3OS2/c1-9-2-3-14-10(4-9)5-15(25-14)16(23)21-22-17(24)20-13-7-11(18)6-12(19)8-13/h5-9H,2-4H2,1H3,(H,21,23)(H2,20,22,24). The molecule has 0 spiro atoms. The first-order chi connectivity index (χ1) is 11.9.